The molecule has 0 radical (unpaired) electrons. The monoisotopic (exact) mass is 692 g/mol. The number of aliphatic hydroxyl groups is 1. The largest absolute Gasteiger partial charge is 0.459 e. The summed E-state index contributed by atoms with van der Waals surface area (Å²) in [5.74, 6) is -1.46. The first-order valence-corrected chi connectivity index (χ1v) is 17.1. The van der Waals surface area contributed by atoms with Crippen LogP contribution in [-0.4, -0.2) is 26.3 Å². The SMILES string of the molecule is O=C(OCc1ccccc1)C(C(O)CCCn1c(-c2ccccc2)c(-c2ccccc2)oc1=O)n1c(-c2ccccc2)c(-c2ccccc2)oc1=O. The molecule has 7 rings (SSSR count). The van der Waals surface area contributed by atoms with Crippen LogP contribution in [0.1, 0.15) is 24.4 Å². The molecule has 7 aromatic rings. The number of nitrogens with zero attached hydrogens (tertiary/aromatic N) is 2. The van der Waals surface area contributed by atoms with E-state index in [-0.39, 0.29) is 31.8 Å². The summed E-state index contributed by atoms with van der Waals surface area (Å²) >= 11 is 0. The van der Waals surface area contributed by atoms with Gasteiger partial charge in [0.1, 0.15) is 6.61 Å². The van der Waals surface area contributed by atoms with Crippen LogP contribution in [0.15, 0.2) is 170 Å². The minimum absolute atomic E-state index is 0.0319. The highest BCUT2D eigenvalue weighted by Gasteiger charge is 2.36. The predicted octanol–water partition coefficient (Wildman–Crippen LogP) is 7.99. The van der Waals surface area contributed by atoms with E-state index in [1.54, 1.807) is 4.57 Å². The first-order chi connectivity index (χ1) is 25.5. The number of benzene rings is 5. The smallest absolute Gasteiger partial charge is 0.420 e. The fraction of sp³-hybridized carbons (Fsp3) is 0.140. The standard InChI is InChI=1S/C43H36N2O7/c46-35(27-16-28-44-36(31-19-8-2-9-20-31)39(51-42(44)48)33-23-12-4-13-24-33)38(41(47)50-29-30-17-6-1-7-18-30)45-37(32-21-10-3-11-22-32)40(52-43(45)49)34-25-14-5-15-26-34/h1-15,17-26,35,38,46H,16,27-29H2. The van der Waals surface area contributed by atoms with Crippen LogP contribution in [0.5, 0.6) is 0 Å². The van der Waals surface area contributed by atoms with Crippen molar-refractivity contribution < 1.29 is 23.5 Å². The Morgan fingerprint density at radius 2 is 1.04 bits per heavy atom. The molecule has 0 amide bonds. The van der Waals surface area contributed by atoms with Gasteiger partial charge in [0, 0.05) is 28.8 Å². The third-order valence-corrected chi connectivity index (χ3v) is 8.89. The fourth-order valence-corrected chi connectivity index (χ4v) is 6.43. The first kappa shape index (κ1) is 34.0. The molecule has 0 saturated carbocycles. The van der Waals surface area contributed by atoms with Gasteiger partial charge in [-0.2, -0.15) is 0 Å². The topological polar surface area (TPSA) is 117 Å². The van der Waals surface area contributed by atoms with Crippen LogP contribution < -0.4 is 11.5 Å². The molecule has 52 heavy (non-hydrogen) atoms. The zero-order valence-electron chi connectivity index (χ0n) is 28.2. The summed E-state index contributed by atoms with van der Waals surface area (Å²) in [4.78, 5) is 41.3. The molecule has 2 aromatic heterocycles. The Morgan fingerprint density at radius 3 is 1.58 bits per heavy atom. The van der Waals surface area contributed by atoms with E-state index in [4.69, 9.17) is 13.6 Å². The molecule has 2 atom stereocenters. The van der Waals surface area contributed by atoms with Crippen LogP contribution in [-0.2, 0) is 22.7 Å². The Hall–Kier alpha value is -6.45. The van der Waals surface area contributed by atoms with Crippen molar-refractivity contribution in [3.05, 3.63) is 178 Å². The molecule has 9 nitrogen and oxygen atoms in total. The van der Waals surface area contributed by atoms with Gasteiger partial charge in [0.15, 0.2) is 17.6 Å². The molecule has 2 unspecified atom stereocenters. The molecule has 2 heterocycles. The summed E-state index contributed by atoms with van der Waals surface area (Å²) < 4.78 is 20.2. The number of oxazole rings is 2. The molecular weight excluding hydrogens is 656 g/mol. The van der Waals surface area contributed by atoms with Gasteiger partial charge in [-0.25, -0.2) is 14.4 Å². The van der Waals surface area contributed by atoms with Crippen LogP contribution in [0.3, 0.4) is 0 Å². The van der Waals surface area contributed by atoms with Crippen molar-refractivity contribution in [2.45, 2.75) is 38.1 Å². The molecule has 260 valence electrons. The maximum absolute atomic E-state index is 14.1. The van der Waals surface area contributed by atoms with Crippen LogP contribution in [0, 0.1) is 0 Å². The molecule has 0 spiro atoms. The molecule has 0 aliphatic carbocycles. The van der Waals surface area contributed by atoms with Crippen LogP contribution >= 0.6 is 0 Å². The normalized spacial score (nSPS) is 12.3. The summed E-state index contributed by atoms with van der Waals surface area (Å²) in [6.07, 6.45) is -1.11. The Kier molecular flexibility index (Phi) is 10.2. The molecule has 0 aliphatic rings. The highest BCUT2D eigenvalue weighted by molar-refractivity contribution is 5.81. The maximum Gasteiger partial charge on any atom is 0.420 e. The van der Waals surface area contributed by atoms with Crippen LogP contribution in [0.4, 0.5) is 0 Å². The second kappa shape index (κ2) is 15.6. The van der Waals surface area contributed by atoms with E-state index in [2.05, 4.69) is 0 Å². The molecule has 0 saturated heterocycles. The summed E-state index contributed by atoms with van der Waals surface area (Å²) in [6, 6.07) is 44.8. The molecule has 0 fully saturated rings. The van der Waals surface area contributed by atoms with Gasteiger partial charge in [0.25, 0.3) is 0 Å². The number of carbonyl (C=O) groups is 1. The van der Waals surface area contributed by atoms with Crippen molar-refractivity contribution in [3.63, 3.8) is 0 Å². The van der Waals surface area contributed by atoms with E-state index in [1.807, 2.05) is 152 Å². The Bertz CT molecular complexity index is 2350. The third kappa shape index (κ3) is 7.21. The highest BCUT2D eigenvalue weighted by atomic mass is 16.5. The molecule has 1 N–H and O–H groups in total. The molecular formula is C43H36N2O7. The van der Waals surface area contributed by atoms with Crippen molar-refractivity contribution in [1.82, 2.24) is 9.13 Å². The maximum atomic E-state index is 14.1. The number of ether oxygens (including phenoxy) is 1. The number of rotatable bonds is 13. The van der Waals surface area contributed by atoms with Gasteiger partial charge < -0.3 is 18.7 Å². The molecule has 0 aliphatic heterocycles. The average molecular weight is 693 g/mol. The lowest BCUT2D eigenvalue weighted by molar-refractivity contribution is -0.153. The molecule has 9 heteroatoms. The van der Waals surface area contributed by atoms with Gasteiger partial charge in [0.05, 0.1) is 17.5 Å². The number of esters is 1. The van der Waals surface area contributed by atoms with Crippen molar-refractivity contribution in [1.29, 1.82) is 0 Å². The Labute approximate surface area is 299 Å². The molecule has 5 aromatic carbocycles. The summed E-state index contributed by atoms with van der Waals surface area (Å²) in [7, 11) is 0. The van der Waals surface area contributed by atoms with E-state index >= 15 is 0 Å². The Balaban J connectivity index is 1.25. The second-order valence-corrected chi connectivity index (χ2v) is 12.3. The van der Waals surface area contributed by atoms with Gasteiger partial charge in [-0.05, 0) is 18.4 Å². The number of hydrogen-bond acceptors (Lipinski definition) is 7. The van der Waals surface area contributed by atoms with Gasteiger partial charge >= 0.3 is 17.5 Å². The zero-order valence-corrected chi connectivity index (χ0v) is 28.2. The second-order valence-electron chi connectivity index (χ2n) is 12.3. The number of carbonyl (C=O) groups excluding carboxylic acids is 1. The fourth-order valence-electron chi connectivity index (χ4n) is 6.43. The highest BCUT2D eigenvalue weighted by Crippen LogP contribution is 2.36. The van der Waals surface area contributed by atoms with E-state index in [0.29, 0.717) is 28.3 Å². The van der Waals surface area contributed by atoms with E-state index < -0.39 is 29.6 Å². The summed E-state index contributed by atoms with van der Waals surface area (Å²) in [5, 5.41) is 11.9. The number of hydrogen-bond donors (Lipinski definition) is 1. The quantitative estimate of drug-likeness (QED) is 0.122. The summed E-state index contributed by atoms with van der Waals surface area (Å²) in [5.41, 5.74) is 4.48. The lowest BCUT2D eigenvalue weighted by atomic mass is 10.0. The predicted molar refractivity (Wildman–Crippen MR) is 198 cm³/mol. The molecule has 0 bridgehead atoms. The Morgan fingerprint density at radius 1 is 0.596 bits per heavy atom. The first-order valence-electron chi connectivity index (χ1n) is 17.1. The van der Waals surface area contributed by atoms with Crippen LogP contribution in [0.2, 0.25) is 0 Å². The lowest BCUT2D eigenvalue weighted by Gasteiger charge is -2.24. The van der Waals surface area contributed by atoms with Crippen molar-refractivity contribution in [2.24, 2.45) is 0 Å². The number of aromatic nitrogens is 2. The van der Waals surface area contributed by atoms with Gasteiger partial charge in [-0.3, -0.25) is 9.13 Å². The van der Waals surface area contributed by atoms with E-state index in [9.17, 15) is 19.5 Å². The lowest BCUT2D eigenvalue weighted by Crippen LogP contribution is -2.38. The van der Waals surface area contributed by atoms with Gasteiger partial charge in [-0.15, -0.1) is 0 Å². The van der Waals surface area contributed by atoms with Crippen molar-refractivity contribution in [2.75, 3.05) is 0 Å². The zero-order chi connectivity index (χ0) is 35.9. The van der Waals surface area contributed by atoms with Crippen molar-refractivity contribution >= 4 is 5.97 Å². The average Bonchev–Trinajstić information content (AvgIpc) is 3.71. The number of aliphatic hydroxyl groups excluding tert-OH is 1. The van der Waals surface area contributed by atoms with Crippen molar-refractivity contribution in [3.8, 4) is 45.2 Å². The summed E-state index contributed by atoms with van der Waals surface area (Å²) in [6.45, 7) is 0.109. The van der Waals surface area contributed by atoms with Crippen LogP contribution in [0.25, 0.3) is 45.2 Å². The minimum Gasteiger partial charge on any atom is -0.459 e. The minimum atomic E-state index is -1.47. The van der Waals surface area contributed by atoms with Gasteiger partial charge in [0.2, 0.25) is 0 Å². The third-order valence-electron chi connectivity index (χ3n) is 8.89. The van der Waals surface area contributed by atoms with Gasteiger partial charge in [-0.1, -0.05) is 152 Å². The van der Waals surface area contributed by atoms with E-state index in [1.165, 1.54) is 4.57 Å². The van der Waals surface area contributed by atoms with E-state index in [0.717, 1.165) is 16.7 Å².